The molecule has 1 aromatic heterocycles. The largest absolute Gasteiger partial charge is 0.454 e. The lowest BCUT2D eigenvalue weighted by atomic mass is 10.1. The van der Waals surface area contributed by atoms with E-state index in [-0.39, 0.29) is 5.75 Å². The third kappa shape index (κ3) is 3.32. The summed E-state index contributed by atoms with van der Waals surface area (Å²) in [5.41, 5.74) is 2.56. The van der Waals surface area contributed by atoms with Crippen LogP contribution in [0.3, 0.4) is 0 Å². The summed E-state index contributed by atoms with van der Waals surface area (Å²) in [6.07, 6.45) is 0. The Bertz CT molecular complexity index is 1030. The van der Waals surface area contributed by atoms with Crippen LogP contribution < -0.4 is 4.74 Å². The molecule has 26 heavy (non-hydrogen) atoms. The van der Waals surface area contributed by atoms with E-state index in [9.17, 15) is 4.39 Å². The summed E-state index contributed by atoms with van der Waals surface area (Å²) in [5.74, 6) is 0.905. The Labute approximate surface area is 149 Å². The number of para-hydroxylation sites is 1. The zero-order valence-corrected chi connectivity index (χ0v) is 14.0. The lowest BCUT2D eigenvalue weighted by molar-refractivity contribution is 0.442. The van der Waals surface area contributed by atoms with Gasteiger partial charge in [0.15, 0.2) is 11.6 Å². The number of hydrogen-bond acceptors (Lipinski definition) is 4. The number of aryl methyl sites for hydroxylation is 1. The van der Waals surface area contributed by atoms with Gasteiger partial charge in [-0.2, -0.15) is 0 Å². The minimum atomic E-state index is -0.462. The molecule has 0 bridgehead atoms. The van der Waals surface area contributed by atoms with Crippen LogP contribution in [-0.2, 0) is 0 Å². The Morgan fingerprint density at radius 2 is 1.46 bits per heavy atom. The first kappa shape index (κ1) is 16.0. The van der Waals surface area contributed by atoms with E-state index in [0.29, 0.717) is 23.1 Å². The molecule has 0 N–H and O–H groups in total. The fourth-order valence-corrected chi connectivity index (χ4v) is 2.48. The van der Waals surface area contributed by atoms with E-state index < -0.39 is 5.82 Å². The number of hydrogen-bond donors (Lipinski definition) is 0. The third-order valence-electron chi connectivity index (χ3n) is 3.87. The first-order valence-electron chi connectivity index (χ1n) is 8.12. The lowest BCUT2D eigenvalue weighted by Gasteiger charge is -2.07. The molecule has 128 valence electrons. The molecule has 5 heteroatoms. The maximum absolute atomic E-state index is 14.1. The SMILES string of the molecule is Cc1ccc(-c2nnc(-c3ccc(F)c(Oc4ccccc4)c3)o2)cc1. The molecular weight excluding hydrogens is 331 g/mol. The van der Waals surface area contributed by atoms with Gasteiger partial charge in [0.2, 0.25) is 11.8 Å². The highest BCUT2D eigenvalue weighted by molar-refractivity contribution is 5.60. The fourth-order valence-electron chi connectivity index (χ4n) is 2.48. The second-order valence-corrected chi connectivity index (χ2v) is 5.84. The van der Waals surface area contributed by atoms with Crippen LogP contribution in [0.5, 0.6) is 11.5 Å². The van der Waals surface area contributed by atoms with Crippen molar-refractivity contribution in [2.75, 3.05) is 0 Å². The Morgan fingerprint density at radius 1 is 0.808 bits per heavy atom. The van der Waals surface area contributed by atoms with Crippen LogP contribution in [0.4, 0.5) is 4.39 Å². The first-order valence-corrected chi connectivity index (χ1v) is 8.12. The molecule has 1 heterocycles. The number of aromatic nitrogens is 2. The molecule has 0 saturated heterocycles. The maximum atomic E-state index is 14.1. The normalized spacial score (nSPS) is 10.7. The van der Waals surface area contributed by atoms with Crippen molar-refractivity contribution in [3.8, 4) is 34.4 Å². The smallest absolute Gasteiger partial charge is 0.248 e. The van der Waals surface area contributed by atoms with Gasteiger partial charge in [-0.1, -0.05) is 35.9 Å². The summed E-state index contributed by atoms with van der Waals surface area (Å²) in [6, 6.07) is 21.3. The van der Waals surface area contributed by atoms with Crippen LogP contribution in [0.15, 0.2) is 77.2 Å². The van der Waals surface area contributed by atoms with Gasteiger partial charge in [-0.25, -0.2) is 4.39 Å². The van der Waals surface area contributed by atoms with E-state index in [1.807, 2.05) is 49.4 Å². The molecule has 0 atom stereocenters. The molecule has 0 spiro atoms. The summed E-state index contributed by atoms with van der Waals surface area (Å²) < 4.78 is 25.4. The van der Waals surface area contributed by atoms with Crippen LogP contribution in [-0.4, -0.2) is 10.2 Å². The predicted octanol–water partition coefficient (Wildman–Crippen LogP) is 5.64. The van der Waals surface area contributed by atoms with Gasteiger partial charge in [0, 0.05) is 11.1 Å². The van der Waals surface area contributed by atoms with Crippen LogP contribution in [0, 0.1) is 12.7 Å². The van der Waals surface area contributed by atoms with Crippen molar-refractivity contribution in [3.63, 3.8) is 0 Å². The molecule has 0 radical (unpaired) electrons. The molecule has 0 aliphatic rings. The Balaban J connectivity index is 1.64. The average Bonchev–Trinajstić information content (AvgIpc) is 3.15. The van der Waals surface area contributed by atoms with Gasteiger partial charge in [-0.3, -0.25) is 0 Å². The maximum Gasteiger partial charge on any atom is 0.248 e. The van der Waals surface area contributed by atoms with Gasteiger partial charge in [0.1, 0.15) is 5.75 Å². The van der Waals surface area contributed by atoms with Crippen LogP contribution >= 0.6 is 0 Å². The van der Waals surface area contributed by atoms with Crippen LogP contribution in [0.1, 0.15) is 5.56 Å². The number of ether oxygens (including phenoxy) is 1. The summed E-state index contributed by atoms with van der Waals surface area (Å²) >= 11 is 0. The molecule has 0 fully saturated rings. The quantitative estimate of drug-likeness (QED) is 0.479. The Kier molecular flexibility index (Phi) is 4.19. The Hall–Kier alpha value is -3.47. The minimum Gasteiger partial charge on any atom is -0.454 e. The van der Waals surface area contributed by atoms with Gasteiger partial charge in [-0.15, -0.1) is 10.2 Å². The number of benzene rings is 3. The standard InChI is InChI=1S/C21H15FN2O2/c1-14-7-9-15(10-8-14)20-23-24-21(26-20)16-11-12-18(22)19(13-16)25-17-5-3-2-4-6-17/h2-13H,1H3. The molecule has 3 aromatic carbocycles. The van der Waals surface area contributed by atoms with E-state index in [0.717, 1.165) is 11.1 Å². The van der Waals surface area contributed by atoms with Crippen molar-refractivity contribution < 1.29 is 13.5 Å². The van der Waals surface area contributed by atoms with Crippen molar-refractivity contribution in [1.29, 1.82) is 0 Å². The fraction of sp³-hybridized carbons (Fsp3) is 0.0476. The van der Waals surface area contributed by atoms with Crippen molar-refractivity contribution in [3.05, 3.63) is 84.2 Å². The second-order valence-electron chi connectivity index (χ2n) is 5.84. The number of nitrogens with zero attached hydrogens (tertiary/aromatic N) is 2. The van der Waals surface area contributed by atoms with E-state index in [4.69, 9.17) is 9.15 Å². The van der Waals surface area contributed by atoms with Crippen LogP contribution in [0.25, 0.3) is 22.9 Å². The Morgan fingerprint density at radius 3 is 2.19 bits per heavy atom. The highest BCUT2D eigenvalue weighted by Gasteiger charge is 2.14. The topological polar surface area (TPSA) is 48.2 Å². The van der Waals surface area contributed by atoms with Crippen molar-refractivity contribution in [2.24, 2.45) is 0 Å². The third-order valence-corrected chi connectivity index (χ3v) is 3.87. The van der Waals surface area contributed by atoms with Gasteiger partial charge in [0.05, 0.1) is 0 Å². The summed E-state index contributed by atoms with van der Waals surface area (Å²) in [6.45, 7) is 2.01. The number of rotatable bonds is 4. The van der Waals surface area contributed by atoms with Crippen molar-refractivity contribution >= 4 is 0 Å². The van der Waals surface area contributed by atoms with Gasteiger partial charge in [0.25, 0.3) is 0 Å². The molecule has 4 rings (SSSR count). The monoisotopic (exact) mass is 346 g/mol. The molecular formula is C21H15FN2O2. The number of halogens is 1. The first-order chi connectivity index (χ1) is 12.7. The van der Waals surface area contributed by atoms with E-state index in [2.05, 4.69) is 10.2 Å². The molecule has 0 amide bonds. The van der Waals surface area contributed by atoms with Gasteiger partial charge >= 0.3 is 0 Å². The van der Waals surface area contributed by atoms with Gasteiger partial charge < -0.3 is 9.15 Å². The molecule has 0 aliphatic heterocycles. The second kappa shape index (κ2) is 6.80. The van der Waals surface area contributed by atoms with Crippen LogP contribution in [0.2, 0.25) is 0 Å². The summed E-state index contributed by atoms with van der Waals surface area (Å²) in [5, 5.41) is 8.15. The predicted molar refractivity (Wildman–Crippen MR) is 96.4 cm³/mol. The van der Waals surface area contributed by atoms with Gasteiger partial charge in [-0.05, 0) is 49.4 Å². The van der Waals surface area contributed by atoms with E-state index in [1.54, 1.807) is 24.3 Å². The molecule has 4 nitrogen and oxygen atoms in total. The molecule has 4 aromatic rings. The van der Waals surface area contributed by atoms with E-state index in [1.165, 1.54) is 6.07 Å². The van der Waals surface area contributed by atoms with E-state index >= 15 is 0 Å². The summed E-state index contributed by atoms with van der Waals surface area (Å²) in [4.78, 5) is 0. The highest BCUT2D eigenvalue weighted by Crippen LogP contribution is 2.30. The minimum absolute atomic E-state index is 0.101. The van der Waals surface area contributed by atoms with Crippen molar-refractivity contribution in [2.45, 2.75) is 6.92 Å². The molecule has 0 saturated carbocycles. The molecule has 0 aliphatic carbocycles. The molecule has 0 unspecified atom stereocenters. The lowest BCUT2D eigenvalue weighted by Crippen LogP contribution is -1.89. The zero-order chi connectivity index (χ0) is 17.9. The highest BCUT2D eigenvalue weighted by atomic mass is 19.1. The summed E-state index contributed by atoms with van der Waals surface area (Å²) in [7, 11) is 0. The zero-order valence-electron chi connectivity index (χ0n) is 14.0. The van der Waals surface area contributed by atoms with Crippen molar-refractivity contribution in [1.82, 2.24) is 10.2 Å². The average molecular weight is 346 g/mol.